The highest BCUT2D eigenvalue weighted by Gasteiger charge is 2.08. The molecule has 2 aromatic rings. The van der Waals surface area contributed by atoms with Crippen LogP contribution in [-0.2, 0) is 13.1 Å². The van der Waals surface area contributed by atoms with Gasteiger partial charge in [0.25, 0.3) is 0 Å². The number of pyridine rings is 1. The van der Waals surface area contributed by atoms with Crippen LogP contribution in [0, 0.1) is 5.92 Å². The predicted molar refractivity (Wildman–Crippen MR) is 81.6 cm³/mol. The molecule has 0 atom stereocenters. The van der Waals surface area contributed by atoms with E-state index in [-0.39, 0.29) is 0 Å². The van der Waals surface area contributed by atoms with Crippen molar-refractivity contribution in [3.8, 4) is 0 Å². The van der Waals surface area contributed by atoms with Crippen molar-refractivity contribution in [1.29, 1.82) is 0 Å². The van der Waals surface area contributed by atoms with Crippen molar-refractivity contribution >= 4 is 5.69 Å². The highest BCUT2D eigenvalue weighted by molar-refractivity contribution is 5.51. The second kappa shape index (κ2) is 7.10. The number of nitrogens with zero attached hydrogens (tertiary/aromatic N) is 2. The molecule has 2 aromatic heterocycles. The van der Waals surface area contributed by atoms with Crippen LogP contribution in [0.25, 0.3) is 0 Å². The highest BCUT2D eigenvalue weighted by atomic mass is 16.3. The zero-order chi connectivity index (χ0) is 14.4. The molecule has 0 unspecified atom stereocenters. The second-order valence-electron chi connectivity index (χ2n) is 5.52. The maximum atomic E-state index is 5.12. The van der Waals surface area contributed by atoms with E-state index in [1.54, 1.807) is 12.5 Å². The minimum atomic E-state index is 0.652. The van der Waals surface area contributed by atoms with Gasteiger partial charge in [-0.2, -0.15) is 0 Å². The van der Waals surface area contributed by atoms with Gasteiger partial charge in [0.2, 0.25) is 0 Å². The maximum absolute atomic E-state index is 5.12. The standard InChI is InChI=1S/C16H23N3O/c1-13(2)8-18-10-15-9-17-6-4-16(15)19(3)11-14-5-7-20-12-14/h4-7,9,12-13,18H,8,10-11H2,1-3H3. The Hall–Kier alpha value is -1.81. The number of furan rings is 1. The van der Waals surface area contributed by atoms with Crippen LogP contribution in [0.15, 0.2) is 41.5 Å². The van der Waals surface area contributed by atoms with Gasteiger partial charge < -0.3 is 14.6 Å². The summed E-state index contributed by atoms with van der Waals surface area (Å²) >= 11 is 0. The summed E-state index contributed by atoms with van der Waals surface area (Å²) in [6.07, 6.45) is 7.27. The summed E-state index contributed by atoms with van der Waals surface area (Å²) in [6, 6.07) is 4.06. The highest BCUT2D eigenvalue weighted by Crippen LogP contribution is 2.20. The summed E-state index contributed by atoms with van der Waals surface area (Å²) in [5.74, 6) is 0.652. The lowest BCUT2D eigenvalue weighted by molar-refractivity contribution is 0.551. The van der Waals surface area contributed by atoms with Gasteiger partial charge in [-0.1, -0.05) is 13.8 Å². The summed E-state index contributed by atoms with van der Waals surface area (Å²) in [5.41, 5.74) is 3.60. The Morgan fingerprint density at radius 2 is 2.20 bits per heavy atom. The van der Waals surface area contributed by atoms with Gasteiger partial charge in [0, 0.05) is 49.3 Å². The van der Waals surface area contributed by atoms with Crippen LogP contribution in [-0.4, -0.2) is 18.6 Å². The fourth-order valence-electron chi connectivity index (χ4n) is 2.17. The first-order valence-electron chi connectivity index (χ1n) is 7.02. The molecule has 0 aliphatic rings. The van der Waals surface area contributed by atoms with Crippen molar-refractivity contribution < 1.29 is 4.42 Å². The summed E-state index contributed by atoms with van der Waals surface area (Å²) in [5, 5.41) is 3.47. The Kier molecular flexibility index (Phi) is 5.18. The van der Waals surface area contributed by atoms with Crippen LogP contribution in [0.3, 0.4) is 0 Å². The van der Waals surface area contributed by atoms with Crippen LogP contribution in [0.2, 0.25) is 0 Å². The number of hydrogen-bond acceptors (Lipinski definition) is 4. The van der Waals surface area contributed by atoms with E-state index in [1.165, 1.54) is 16.8 Å². The van der Waals surface area contributed by atoms with E-state index in [1.807, 2.05) is 18.5 Å². The molecule has 0 radical (unpaired) electrons. The van der Waals surface area contributed by atoms with Gasteiger partial charge in [0.15, 0.2) is 0 Å². The average molecular weight is 273 g/mol. The van der Waals surface area contributed by atoms with Crippen molar-refractivity contribution in [3.63, 3.8) is 0 Å². The zero-order valence-electron chi connectivity index (χ0n) is 12.5. The van der Waals surface area contributed by atoms with Crippen LogP contribution >= 0.6 is 0 Å². The molecule has 20 heavy (non-hydrogen) atoms. The van der Waals surface area contributed by atoms with Gasteiger partial charge >= 0.3 is 0 Å². The Balaban J connectivity index is 2.02. The quantitative estimate of drug-likeness (QED) is 0.842. The summed E-state index contributed by atoms with van der Waals surface area (Å²) in [6.45, 7) is 7.11. The molecule has 4 nitrogen and oxygen atoms in total. The van der Waals surface area contributed by atoms with Gasteiger partial charge in [-0.25, -0.2) is 0 Å². The third-order valence-corrected chi connectivity index (χ3v) is 3.16. The van der Waals surface area contributed by atoms with Gasteiger partial charge in [-0.15, -0.1) is 0 Å². The molecule has 0 amide bonds. The number of hydrogen-bond donors (Lipinski definition) is 1. The van der Waals surface area contributed by atoms with Gasteiger partial charge in [-0.3, -0.25) is 4.98 Å². The van der Waals surface area contributed by atoms with Crippen LogP contribution in [0.5, 0.6) is 0 Å². The topological polar surface area (TPSA) is 41.3 Å². The third kappa shape index (κ3) is 4.10. The number of anilines is 1. The molecule has 4 heteroatoms. The SMILES string of the molecule is CC(C)CNCc1cnccc1N(C)Cc1ccoc1. The largest absolute Gasteiger partial charge is 0.472 e. The van der Waals surface area contributed by atoms with Crippen molar-refractivity contribution in [2.75, 3.05) is 18.5 Å². The lowest BCUT2D eigenvalue weighted by Crippen LogP contribution is -2.23. The molecule has 2 rings (SSSR count). The van der Waals surface area contributed by atoms with Crippen LogP contribution in [0.1, 0.15) is 25.0 Å². The van der Waals surface area contributed by atoms with E-state index in [4.69, 9.17) is 4.42 Å². The zero-order valence-corrected chi connectivity index (χ0v) is 12.5. The van der Waals surface area contributed by atoms with E-state index in [9.17, 15) is 0 Å². The van der Waals surface area contributed by atoms with E-state index in [0.29, 0.717) is 5.92 Å². The molecule has 0 spiro atoms. The molecule has 0 bridgehead atoms. The molecular formula is C16H23N3O. The monoisotopic (exact) mass is 273 g/mol. The number of rotatable bonds is 7. The van der Waals surface area contributed by atoms with Crippen molar-refractivity contribution in [2.45, 2.75) is 26.9 Å². The van der Waals surface area contributed by atoms with Crippen molar-refractivity contribution in [1.82, 2.24) is 10.3 Å². The van der Waals surface area contributed by atoms with Crippen LogP contribution < -0.4 is 10.2 Å². The smallest absolute Gasteiger partial charge is 0.0952 e. The maximum Gasteiger partial charge on any atom is 0.0952 e. The molecule has 1 N–H and O–H groups in total. The summed E-state index contributed by atoms with van der Waals surface area (Å²) in [7, 11) is 2.09. The van der Waals surface area contributed by atoms with E-state index in [2.05, 4.69) is 42.2 Å². The fourth-order valence-corrected chi connectivity index (χ4v) is 2.17. The summed E-state index contributed by atoms with van der Waals surface area (Å²) in [4.78, 5) is 6.46. The molecule has 0 aromatic carbocycles. The molecule has 0 aliphatic carbocycles. The first-order valence-corrected chi connectivity index (χ1v) is 7.02. The van der Waals surface area contributed by atoms with Gasteiger partial charge in [0.1, 0.15) is 0 Å². The molecule has 108 valence electrons. The van der Waals surface area contributed by atoms with Crippen molar-refractivity contribution in [3.05, 3.63) is 48.2 Å². The minimum absolute atomic E-state index is 0.652. The molecule has 0 fully saturated rings. The minimum Gasteiger partial charge on any atom is -0.472 e. The number of nitrogens with one attached hydrogen (secondary N) is 1. The van der Waals surface area contributed by atoms with E-state index in [0.717, 1.165) is 19.6 Å². The predicted octanol–water partition coefficient (Wildman–Crippen LogP) is 3.06. The van der Waals surface area contributed by atoms with Crippen molar-refractivity contribution in [2.24, 2.45) is 5.92 Å². The first kappa shape index (κ1) is 14.6. The third-order valence-electron chi connectivity index (χ3n) is 3.16. The van der Waals surface area contributed by atoms with Gasteiger partial charge in [-0.05, 0) is 24.6 Å². The Morgan fingerprint density at radius 1 is 1.35 bits per heavy atom. The van der Waals surface area contributed by atoms with Gasteiger partial charge in [0.05, 0.1) is 12.5 Å². The average Bonchev–Trinajstić information content (AvgIpc) is 2.91. The first-order chi connectivity index (χ1) is 9.66. The molecule has 0 saturated carbocycles. The lowest BCUT2D eigenvalue weighted by Gasteiger charge is -2.22. The Morgan fingerprint density at radius 3 is 2.90 bits per heavy atom. The van der Waals surface area contributed by atoms with Crippen LogP contribution in [0.4, 0.5) is 5.69 Å². The molecular weight excluding hydrogens is 250 g/mol. The number of aromatic nitrogens is 1. The summed E-state index contributed by atoms with van der Waals surface area (Å²) < 4.78 is 5.12. The second-order valence-corrected chi connectivity index (χ2v) is 5.52. The van der Waals surface area contributed by atoms with E-state index >= 15 is 0 Å². The molecule has 2 heterocycles. The Bertz CT molecular complexity index is 508. The lowest BCUT2D eigenvalue weighted by atomic mass is 10.2. The Labute approximate surface area is 120 Å². The fraction of sp³-hybridized carbons (Fsp3) is 0.438. The normalized spacial score (nSPS) is 11.0. The molecule has 0 aliphatic heterocycles. The van der Waals surface area contributed by atoms with E-state index < -0.39 is 0 Å². The molecule has 0 saturated heterocycles.